The van der Waals surface area contributed by atoms with Crippen LogP contribution in [0.15, 0.2) is 177 Å². The Kier molecular flexibility index (Phi) is 22.8. The predicted octanol–water partition coefficient (Wildman–Crippen LogP) is 13.8. The number of hydrogen-bond acceptors (Lipinski definition) is 19. The third-order valence-corrected chi connectivity index (χ3v) is 17.6. The van der Waals surface area contributed by atoms with Crippen molar-refractivity contribution >= 4 is 97.0 Å². The summed E-state index contributed by atoms with van der Waals surface area (Å²) >= 11 is 0. The zero-order valence-electron chi connectivity index (χ0n) is 60.3. The van der Waals surface area contributed by atoms with Gasteiger partial charge >= 0.3 is 24.2 Å². The third kappa shape index (κ3) is 19.7. The van der Waals surface area contributed by atoms with Crippen LogP contribution in [0, 0.1) is 0 Å². The number of benzene rings is 5. The Labute approximate surface area is 605 Å². The number of Topliss-reactive ketones (excluding diaryl/α,β-unsaturated/α-hetero) is 2. The summed E-state index contributed by atoms with van der Waals surface area (Å²) in [5.74, 6) is -1.11. The maximum atomic E-state index is 13.6. The highest BCUT2D eigenvalue weighted by molar-refractivity contribution is 6.03. The van der Waals surface area contributed by atoms with Crippen molar-refractivity contribution in [1.29, 1.82) is 0 Å². The van der Waals surface area contributed by atoms with Gasteiger partial charge in [-0.2, -0.15) is 0 Å². The van der Waals surface area contributed by atoms with E-state index in [1.807, 2.05) is 145 Å². The highest BCUT2D eigenvalue weighted by Gasteiger charge is 2.29. The number of carbonyl (C=O) groups is 6. The molecule has 10 aromatic rings. The van der Waals surface area contributed by atoms with E-state index in [4.69, 9.17) is 25.1 Å². The van der Waals surface area contributed by atoms with Gasteiger partial charge < -0.3 is 54.9 Å². The van der Waals surface area contributed by atoms with E-state index < -0.39 is 28.9 Å². The number of carboxylic acids is 1. The number of carboxylic acid groups (broad SMARTS) is 1. The Morgan fingerprint density at radius 1 is 0.442 bits per heavy atom. The number of nitrogens with one attached hydrogen (secondary N) is 2. The first-order valence-electron chi connectivity index (χ1n) is 34.9. The minimum atomic E-state index is -0.984. The van der Waals surface area contributed by atoms with E-state index in [1.165, 1.54) is 11.9 Å². The highest BCUT2D eigenvalue weighted by atomic mass is 16.6. The van der Waals surface area contributed by atoms with E-state index in [0.29, 0.717) is 80.4 Å². The van der Waals surface area contributed by atoms with Gasteiger partial charge in [-0.3, -0.25) is 39.8 Å². The minimum Gasteiger partial charge on any atom is -0.478 e. The number of fused-ring (bicyclic) bond motifs is 3. The SMILES string of the molecule is CC(C)(C)OC(=O)N1CCN(c2ccc3cc(C(=O)O)cnc3c2)CC1.CC(C)(C)OC(=O)Nc1ccc(-c2ccncc2)cc1CC(=O)c1cnc2cc(N3CCN(C(=O)OC(C)(C)C)CC3)ccc2c1.Nc1ccc(-c2ccncc2)cc1CC(=O)c1cnc2cc(N3CCNCC3)ccc2c1. The van der Waals surface area contributed by atoms with Crippen molar-refractivity contribution in [2.75, 3.05) is 104 Å². The Morgan fingerprint density at radius 3 is 1.25 bits per heavy atom. The van der Waals surface area contributed by atoms with Crippen molar-refractivity contribution in [2.45, 2.75) is 92.0 Å². The summed E-state index contributed by atoms with van der Waals surface area (Å²) in [5, 5.41) is 17.8. The molecule has 0 radical (unpaired) electrons. The lowest BCUT2D eigenvalue weighted by Gasteiger charge is -2.36. The summed E-state index contributed by atoms with van der Waals surface area (Å²) < 4.78 is 16.4. The van der Waals surface area contributed by atoms with Crippen LogP contribution in [0.5, 0.6) is 0 Å². The lowest BCUT2D eigenvalue weighted by molar-refractivity contribution is 0.0230. The second-order valence-corrected chi connectivity index (χ2v) is 28.8. The number of aromatic carboxylic acids is 1. The fraction of sp³-hybridized carbons (Fsp3) is 0.321. The van der Waals surface area contributed by atoms with Crippen molar-refractivity contribution in [3.05, 3.63) is 205 Å². The Bertz CT molecular complexity index is 4770. The molecule has 0 atom stereocenters. The van der Waals surface area contributed by atoms with Crippen molar-refractivity contribution < 1.29 is 48.1 Å². The van der Waals surface area contributed by atoms with Crippen LogP contribution in [0.3, 0.4) is 0 Å². The molecule has 3 fully saturated rings. The number of piperazine rings is 3. The molecule has 23 heteroatoms. The van der Waals surface area contributed by atoms with Crippen molar-refractivity contribution in [3.8, 4) is 22.3 Å². The van der Waals surface area contributed by atoms with Crippen LogP contribution < -0.4 is 31.1 Å². The number of carbonyl (C=O) groups excluding carboxylic acids is 5. The predicted molar refractivity (Wildman–Crippen MR) is 407 cm³/mol. The van der Waals surface area contributed by atoms with Crippen LogP contribution in [0.2, 0.25) is 0 Å². The van der Waals surface area contributed by atoms with Gasteiger partial charge in [-0.1, -0.05) is 30.3 Å². The molecule has 5 N–H and O–H groups in total. The molecule has 5 aromatic carbocycles. The Hall–Kier alpha value is -11.6. The smallest absolute Gasteiger partial charge is 0.412 e. The normalized spacial score (nSPS) is 14.2. The number of pyridine rings is 5. The van der Waals surface area contributed by atoms with Crippen LogP contribution in [0.25, 0.3) is 55.0 Å². The maximum absolute atomic E-state index is 13.6. The molecule has 0 unspecified atom stereocenters. The molecule has 538 valence electrons. The van der Waals surface area contributed by atoms with Crippen LogP contribution in [-0.4, -0.2) is 171 Å². The van der Waals surface area contributed by atoms with Gasteiger partial charge in [0.2, 0.25) is 0 Å². The molecule has 3 amide bonds. The molecule has 23 nitrogen and oxygen atoms in total. The monoisotopic (exact) mass is 1400 g/mol. The number of anilines is 5. The van der Waals surface area contributed by atoms with E-state index in [0.717, 1.165) is 98.1 Å². The highest BCUT2D eigenvalue weighted by Crippen LogP contribution is 2.32. The summed E-state index contributed by atoms with van der Waals surface area (Å²) in [5.41, 5.74) is 17.9. The zero-order chi connectivity index (χ0) is 73.9. The number of hydrogen-bond donors (Lipinski definition) is 4. The van der Waals surface area contributed by atoms with Crippen molar-refractivity contribution in [1.82, 2.24) is 40.0 Å². The first-order chi connectivity index (χ1) is 49.6. The largest absolute Gasteiger partial charge is 0.478 e. The zero-order valence-corrected chi connectivity index (χ0v) is 60.3. The number of nitrogens with two attached hydrogens (primary N) is 1. The Morgan fingerprint density at radius 2 is 0.827 bits per heavy atom. The third-order valence-electron chi connectivity index (χ3n) is 17.6. The quantitative estimate of drug-likeness (QED) is 0.0474. The molecule has 0 bridgehead atoms. The fourth-order valence-electron chi connectivity index (χ4n) is 12.2. The van der Waals surface area contributed by atoms with Gasteiger partial charge in [0.1, 0.15) is 16.8 Å². The Balaban J connectivity index is 0.000000163. The average Bonchev–Trinajstić information content (AvgIpc) is 0.805. The maximum Gasteiger partial charge on any atom is 0.412 e. The molecule has 0 aliphatic carbocycles. The number of nitrogen functional groups attached to an aromatic ring is 1. The summed E-state index contributed by atoms with van der Waals surface area (Å²) in [4.78, 5) is 107. The molecule has 104 heavy (non-hydrogen) atoms. The van der Waals surface area contributed by atoms with Gasteiger partial charge in [0.05, 0.1) is 22.1 Å². The second kappa shape index (κ2) is 32.2. The van der Waals surface area contributed by atoms with Gasteiger partial charge in [-0.05, 0) is 199 Å². The molecule has 13 rings (SSSR count). The molecule has 0 spiro atoms. The molecule has 3 aliphatic rings. The molecular weight excluding hydrogens is 1310 g/mol. The molecule has 0 saturated carbocycles. The van der Waals surface area contributed by atoms with Gasteiger partial charge in [0, 0.05) is 190 Å². The summed E-state index contributed by atoms with van der Waals surface area (Å²) in [6, 6.07) is 42.5. The molecule has 3 saturated heterocycles. The summed E-state index contributed by atoms with van der Waals surface area (Å²) in [7, 11) is 0. The van der Waals surface area contributed by atoms with Crippen LogP contribution in [0.1, 0.15) is 105 Å². The van der Waals surface area contributed by atoms with E-state index >= 15 is 0 Å². The number of amides is 3. The summed E-state index contributed by atoms with van der Waals surface area (Å²) in [6.45, 7) is 25.6. The van der Waals surface area contributed by atoms with Crippen LogP contribution >= 0.6 is 0 Å². The minimum absolute atomic E-state index is 0.00385. The lowest BCUT2D eigenvalue weighted by atomic mass is 9.97. The number of ether oxygens (including phenoxy) is 3. The number of ketones is 2. The first-order valence-corrected chi connectivity index (χ1v) is 34.9. The molecule has 5 aromatic heterocycles. The van der Waals surface area contributed by atoms with Gasteiger partial charge in [-0.25, -0.2) is 19.2 Å². The standard InChI is InChI=1S/C36H41N5O5.C26H25N5O.C19H23N3O4/c1-35(2,3)45-33(43)39-30-10-8-25(24-11-13-37-14-12-24)19-27(30)21-32(42)28-20-26-7-9-29(22-31(26)38-23-28)40-15-17-41(18-16-40)34(44)46-36(4,5)6;27-24-4-2-19(18-5-7-28-8-6-18)13-21(24)15-26(32)22-14-20-1-3-23(16-25(20)30-17-22)31-11-9-29-10-12-31;1-19(2,3)26-18(25)22-8-6-21(7-9-22)15-5-4-13-10-14(17(23)24)12-20-16(13)11-15/h7-14,19-20,22-23H,15-18,21H2,1-6H3,(H,39,43);1-8,13-14,16-17,29H,9-12,15,27H2;4-5,10-12H,6-9H2,1-3H3,(H,23,24). The topological polar surface area (TPSA) is 281 Å². The van der Waals surface area contributed by atoms with Crippen molar-refractivity contribution in [2.24, 2.45) is 0 Å². The fourth-order valence-corrected chi connectivity index (χ4v) is 12.2. The van der Waals surface area contributed by atoms with E-state index in [9.17, 15) is 28.8 Å². The van der Waals surface area contributed by atoms with Crippen LogP contribution in [0.4, 0.5) is 42.8 Å². The lowest BCUT2D eigenvalue weighted by Crippen LogP contribution is -2.50. The number of rotatable bonds is 13. The molecule has 3 aliphatic heterocycles. The van der Waals surface area contributed by atoms with E-state index in [1.54, 1.807) is 79.9 Å². The van der Waals surface area contributed by atoms with E-state index in [2.05, 4.69) is 68.5 Å². The van der Waals surface area contributed by atoms with E-state index in [-0.39, 0.29) is 42.2 Å². The number of aromatic nitrogens is 5. The molecule has 8 heterocycles. The van der Waals surface area contributed by atoms with Crippen LogP contribution in [-0.2, 0) is 27.1 Å². The summed E-state index contributed by atoms with van der Waals surface area (Å²) in [6.07, 6.45) is 10.7. The van der Waals surface area contributed by atoms with Crippen molar-refractivity contribution in [3.63, 3.8) is 0 Å². The average molecular weight is 1400 g/mol. The number of nitrogens with zero attached hydrogens (tertiary/aromatic N) is 10. The molecular formula is C81H89N13O10. The first kappa shape index (κ1) is 73.6. The second-order valence-electron chi connectivity index (χ2n) is 28.8. The van der Waals surface area contributed by atoms with Gasteiger partial charge in [0.15, 0.2) is 11.6 Å². The van der Waals surface area contributed by atoms with Gasteiger partial charge in [-0.15, -0.1) is 0 Å². The van der Waals surface area contributed by atoms with Gasteiger partial charge in [0.25, 0.3) is 0 Å².